The molecule has 1 aromatic heterocycles. The van der Waals surface area contributed by atoms with E-state index in [1.165, 1.54) is 18.4 Å². The number of benzene rings is 1. The van der Waals surface area contributed by atoms with Crippen molar-refractivity contribution in [3.8, 4) is 0 Å². The second-order valence-electron chi connectivity index (χ2n) is 4.42. The smallest absolute Gasteiger partial charge is 0.340 e. The fraction of sp³-hybridized carbons (Fsp3) is 0.200. The van der Waals surface area contributed by atoms with E-state index in [1.807, 2.05) is 26.0 Å². The Kier molecular flexibility index (Phi) is 4.20. The molecule has 1 amide bonds. The van der Waals surface area contributed by atoms with Gasteiger partial charge in [-0.15, -0.1) is 11.3 Å². The Balaban J connectivity index is 2.26. The third-order valence-corrected chi connectivity index (χ3v) is 3.73. The first-order valence-corrected chi connectivity index (χ1v) is 6.89. The van der Waals surface area contributed by atoms with E-state index in [0.717, 1.165) is 10.4 Å². The molecule has 0 fully saturated rings. The molecular weight excluding hydrogens is 274 g/mol. The van der Waals surface area contributed by atoms with E-state index in [9.17, 15) is 9.59 Å². The van der Waals surface area contributed by atoms with Crippen LogP contribution in [0.25, 0.3) is 0 Å². The minimum absolute atomic E-state index is 0.235. The maximum atomic E-state index is 12.2. The van der Waals surface area contributed by atoms with Gasteiger partial charge in [0.1, 0.15) is 5.00 Å². The number of rotatable bonds is 3. The standard InChI is InChI=1S/C15H15NO3S/c1-9-5-4-6-11(7-9)13(17)16-14-12(15(18)19-3)8-10(2)20-14/h4-8H,1-3H3,(H,16,17). The van der Waals surface area contributed by atoms with Crippen LogP contribution >= 0.6 is 11.3 Å². The number of carbonyl (C=O) groups excluding carboxylic acids is 2. The van der Waals surface area contributed by atoms with Crippen LogP contribution in [0.3, 0.4) is 0 Å². The van der Waals surface area contributed by atoms with Gasteiger partial charge in [-0.05, 0) is 32.0 Å². The molecule has 5 heteroatoms. The van der Waals surface area contributed by atoms with Crippen molar-refractivity contribution < 1.29 is 14.3 Å². The van der Waals surface area contributed by atoms with Crippen LogP contribution in [-0.2, 0) is 4.74 Å². The summed E-state index contributed by atoms with van der Waals surface area (Å²) in [5, 5.41) is 3.28. The summed E-state index contributed by atoms with van der Waals surface area (Å²) in [6.45, 7) is 3.80. The fourth-order valence-corrected chi connectivity index (χ4v) is 2.72. The Morgan fingerprint density at radius 2 is 1.95 bits per heavy atom. The summed E-state index contributed by atoms with van der Waals surface area (Å²) >= 11 is 1.35. The highest BCUT2D eigenvalue weighted by Gasteiger charge is 2.17. The molecule has 0 saturated heterocycles. The van der Waals surface area contributed by atoms with E-state index in [4.69, 9.17) is 4.74 Å². The molecule has 0 atom stereocenters. The van der Waals surface area contributed by atoms with Crippen molar-refractivity contribution in [3.63, 3.8) is 0 Å². The number of ether oxygens (including phenoxy) is 1. The Morgan fingerprint density at radius 3 is 2.60 bits per heavy atom. The number of amides is 1. The van der Waals surface area contributed by atoms with Crippen LogP contribution < -0.4 is 5.32 Å². The molecular formula is C15H15NO3S. The molecule has 0 bridgehead atoms. The molecule has 1 aromatic carbocycles. The highest BCUT2D eigenvalue weighted by atomic mass is 32.1. The predicted octanol–water partition coefficient (Wildman–Crippen LogP) is 3.40. The highest BCUT2D eigenvalue weighted by molar-refractivity contribution is 7.16. The third kappa shape index (κ3) is 3.05. The van der Waals surface area contributed by atoms with Crippen LogP contribution in [0.15, 0.2) is 30.3 Å². The Morgan fingerprint density at radius 1 is 1.20 bits per heavy atom. The molecule has 1 N–H and O–H groups in total. The van der Waals surface area contributed by atoms with Gasteiger partial charge in [0.2, 0.25) is 0 Å². The zero-order valence-corrected chi connectivity index (χ0v) is 12.3. The van der Waals surface area contributed by atoms with Crippen molar-refractivity contribution >= 4 is 28.2 Å². The highest BCUT2D eigenvalue weighted by Crippen LogP contribution is 2.28. The van der Waals surface area contributed by atoms with E-state index in [-0.39, 0.29) is 5.91 Å². The van der Waals surface area contributed by atoms with E-state index in [2.05, 4.69) is 5.32 Å². The van der Waals surface area contributed by atoms with Crippen LogP contribution in [0.5, 0.6) is 0 Å². The van der Waals surface area contributed by atoms with Crippen molar-refractivity contribution in [1.82, 2.24) is 0 Å². The lowest BCUT2D eigenvalue weighted by atomic mass is 10.1. The second kappa shape index (κ2) is 5.88. The van der Waals surface area contributed by atoms with Gasteiger partial charge in [-0.2, -0.15) is 0 Å². The lowest BCUT2D eigenvalue weighted by molar-refractivity contribution is 0.0602. The molecule has 0 unspecified atom stereocenters. The normalized spacial score (nSPS) is 10.2. The van der Waals surface area contributed by atoms with Gasteiger partial charge in [-0.1, -0.05) is 17.7 Å². The Labute approximate surface area is 121 Å². The summed E-state index contributed by atoms with van der Waals surface area (Å²) in [4.78, 5) is 24.8. The number of nitrogens with one attached hydrogen (secondary N) is 1. The van der Waals surface area contributed by atoms with Crippen LogP contribution in [0, 0.1) is 13.8 Å². The van der Waals surface area contributed by atoms with Gasteiger partial charge in [0.25, 0.3) is 5.91 Å². The van der Waals surface area contributed by atoms with Crippen molar-refractivity contribution in [2.75, 3.05) is 12.4 Å². The van der Waals surface area contributed by atoms with Gasteiger partial charge in [0.05, 0.1) is 12.7 Å². The lowest BCUT2D eigenvalue weighted by Crippen LogP contribution is -2.13. The van der Waals surface area contributed by atoms with E-state index >= 15 is 0 Å². The molecule has 0 radical (unpaired) electrons. The van der Waals surface area contributed by atoms with Gasteiger partial charge in [0.15, 0.2) is 0 Å². The molecule has 4 nitrogen and oxygen atoms in total. The summed E-state index contributed by atoms with van der Waals surface area (Å²) in [6, 6.07) is 8.99. The number of esters is 1. The van der Waals surface area contributed by atoms with Gasteiger partial charge in [-0.25, -0.2) is 4.79 Å². The summed E-state index contributed by atoms with van der Waals surface area (Å²) in [5.41, 5.74) is 1.95. The van der Waals surface area contributed by atoms with Crippen LogP contribution in [0.1, 0.15) is 31.2 Å². The SMILES string of the molecule is COC(=O)c1cc(C)sc1NC(=O)c1cccc(C)c1. The molecule has 2 aromatic rings. The van der Waals surface area contributed by atoms with Gasteiger partial charge in [-0.3, -0.25) is 4.79 Å². The monoisotopic (exact) mass is 289 g/mol. The number of hydrogen-bond donors (Lipinski definition) is 1. The van der Waals surface area contributed by atoms with Crippen molar-refractivity contribution in [2.24, 2.45) is 0 Å². The van der Waals surface area contributed by atoms with E-state index in [0.29, 0.717) is 16.1 Å². The van der Waals surface area contributed by atoms with E-state index in [1.54, 1.807) is 18.2 Å². The van der Waals surface area contributed by atoms with E-state index < -0.39 is 5.97 Å². The lowest BCUT2D eigenvalue weighted by Gasteiger charge is -2.05. The van der Waals surface area contributed by atoms with Crippen molar-refractivity contribution in [3.05, 3.63) is 51.9 Å². The largest absolute Gasteiger partial charge is 0.465 e. The van der Waals surface area contributed by atoms with Crippen LogP contribution in [-0.4, -0.2) is 19.0 Å². The van der Waals surface area contributed by atoms with Crippen LogP contribution in [0.4, 0.5) is 5.00 Å². The Bertz CT molecular complexity index is 661. The topological polar surface area (TPSA) is 55.4 Å². The van der Waals surface area contributed by atoms with Gasteiger partial charge in [0, 0.05) is 10.4 Å². The fourth-order valence-electron chi connectivity index (χ4n) is 1.83. The zero-order chi connectivity index (χ0) is 14.7. The molecule has 0 aliphatic rings. The molecule has 1 heterocycles. The predicted molar refractivity (Wildman–Crippen MR) is 79.5 cm³/mol. The van der Waals surface area contributed by atoms with Crippen LogP contribution in [0.2, 0.25) is 0 Å². The van der Waals surface area contributed by atoms with Crippen molar-refractivity contribution in [2.45, 2.75) is 13.8 Å². The molecule has 20 heavy (non-hydrogen) atoms. The first kappa shape index (κ1) is 14.3. The van der Waals surface area contributed by atoms with Crippen molar-refractivity contribution in [1.29, 1.82) is 0 Å². The number of thiophene rings is 1. The minimum atomic E-state index is -0.450. The number of carbonyl (C=O) groups is 2. The molecule has 0 spiro atoms. The second-order valence-corrected chi connectivity index (χ2v) is 5.67. The molecule has 0 aliphatic heterocycles. The first-order chi connectivity index (χ1) is 9.51. The minimum Gasteiger partial charge on any atom is -0.465 e. The zero-order valence-electron chi connectivity index (χ0n) is 11.5. The number of aryl methyl sites for hydroxylation is 2. The number of anilines is 1. The molecule has 0 saturated carbocycles. The average molecular weight is 289 g/mol. The number of hydrogen-bond acceptors (Lipinski definition) is 4. The summed E-state index contributed by atoms with van der Waals surface area (Å²) < 4.78 is 4.71. The average Bonchev–Trinajstić information content (AvgIpc) is 2.78. The summed E-state index contributed by atoms with van der Waals surface area (Å²) in [5.74, 6) is -0.686. The summed E-state index contributed by atoms with van der Waals surface area (Å²) in [6.07, 6.45) is 0. The maximum absolute atomic E-state index is 12.2. The summed E-state index contributed by atoms with van der Waals surface area (Å²) in [7, 11) is 1.32. The first-order valence-electron chi connectivity index (χ1n) is 6.08. The number of methoxy groups -OCH3 is 1. The van der Waals surface area contributed by atoms with Gasteiger partial charge >= 0.3 is 5.97 Å². The maximum Gasteiger partial charge on any atom is 0.340 e. The molecule has 2 rings (SSSR count). The Hall–Kier alpha value is -2.14. The third-order valence-electron chi connectivity index (χ3n) is 2.77. The molecule has 104 valence electrons. The van der Waals surface area contributed by atoms with Gasteiger partial charge < -0.3 is 10.1 Å². The quantitative estimate of drug-likeness (QED) is 0.881. The molecule has 0 aliphatic carbocycles.